The van der Waals surface area contributed by atoms with Gasteiger partial charge in [-0.25, -0.2) is 0 Å². The predicted molar refractivity (Wildman–Crippen MR) is 82.9 cm³/mol. The van der Waals surface area contributed by atoms with Gasteiger partial charge in [-0.2, -0.15) is 0 Å². The van der Waals surface area contributed by atoms with E-state index in [-0.39, 0.29) is 0 Å². The van der Waals surface area contributed by atoms with Gasteiger partial charge in [-0.05, 0) is 12.6 Å². The number of hydrogen-bond donors (Lipinski definition) is 3. The summed E-state index contributed by atoms with van der Waals surface area (Å²) < 4.78 is 7.93. The second-order valence-corrected chi connectivity index (χ2v) is 21.2. The van der Waals surface area contributed by atoms with E-state index in [0.717, 1.165) is 0 Å². The van der Waals surface area contributed by atoms with Crippen molar-refractivity contribution in [3.63, 3.8) is 0 Å². The highest BCUT2D eigenvalue weighted by Crippen LogP contribution is 2.17. The average Bonchev–Trinajstić information content (AvgIpc) is 1.97. The van der Waals surface area contributed by atoms with Crippen LogP contribution >= 0.6 is 0 Å². The van der Waals surface area contributed by atoms with Gasteiger partial charge in [0.25, 0.3) is 8.56 Å². The molecule has 0 atom stereocenters. The monoisotopic (exact) mass is 277 g/mol. The summed E-state index contributed by atoms with van der Waals surface area (Å²) in [5, 5.41) is 0. The van der Waals surface area contributed by atoms with Gasteiger partial charge in [0, 0.05) is 0 Å². The van der Waals surface area contributed by atoms with Crippen molar-refractivity contribution in [2.75, 3.05) is 7.05 Å². The van der Waals surface area contributed by atoms with E-state index >= 15 is 0 Å². The van der Waals surface area contributed by atoms with Gasteiger partial charge < -0.3 is 14.3 Å². The lowest BCUT2D eigenvalue weighted by Crippen LogP contribution is -2.81. The molecule has 3 nitrogen and oxygen atoms in total. The third-order valence-corrected chi connectivity index (χ3v) is 14.1. The van der Waals surface area contributed by atoms with Crippen LogP contribution in [0.15, 0.2) is 0 Å². The summed E-state index contributed by atoms with van der Waals surface area (Å²) in [6, 6.07) is 0. The second-order valence-electron chi connectivity index (χ2n) is 6.96. The van der Waals surface area contributed by atoms with Crippen molar-refractivity contribution in [1.82, 2.24) is 14.3 Å². The minimum absolute atomic E-state index is 0.649. The fraction of sp³-hybridized carbons (Fsp3) is 1.00. The van der Waals surface area contributed by atoms with Crippen molar-refractivity contribution < 1.29 is 0 Å². The Balaban J connectivity index is 5.02. The minimum atomic E-state index is -1.74. The first-order valence-electron chi connectivity index (χ1n) is 6.19. The first-order valence-corrected chi connectivity index (χ1v) is 15.3. The smallest absolute Gasteiger partial charge is 0.270 e. The van der Waals surface area contributed by atoms with E-state index < -0.39 is 25.0 Å². The molecule has 0 aromatic rings. The van der Waals surface area contributed by atoms with Gasteiger partial charge in [0.15, 0.2) is 0 Å². The first kappa shape index (κ1) is 16.5. The van der Waals surface area contributed by atoms with Crippen LogP contribution in [-0.4, -0.2) is 32.1 Å². The van der Waals surface area contributed by atoms with Crippen molar-refractivity contribution >= 4 is 25.0 Å². The summed E-state index contributed by atoms with van der Waals surface area (Å²) in [5.74, 6) is 0. The second kappa shape index (κ2) is 5.45. The SMILES string of the molecule is CN[Si](N[Si](C)(C)C)(N[Si](C)(C)C)C(C)C. The van der Waals surface area contributed by atoms with E-state index in [0.29, 0.717) is 5.54 Å². The molecule has 3 N–H and O–H groups in total. The van der Waals surface area contributed by atoms with Crippen LogP contribution in [0.25, 0.3) is 0 Å². The van der Waals surface area contributed by atoms with E-state index in [2.05, 4.69) is 74.5 Å². The predicted octanol–water partition coefficient (Wildman–Crippen LogP) is 2.40. The molecule has 16 heavy (non-hydrogen) atoms. The first-order chi connectivity index (χ1) is 6.92. The van der Waals surface area contributed by atoms with Gasteiger partial charge in [0.1, 0.15) is 16.5 Å². The topological polar surface area (TPSA) is 36.1 Å². The maximum absolute atomic E-state index is 3.97. The fourth-order valence-corrected chi connectivity index (χ4v) is 16.1. The third-order valence-electron chi connectivity index (χ3n) is 2.40. The molecule has 0 aliphatic carbocycles. The molecule has 0 fully saturated rings. The molecule has 0 spiro atoms. The van der Waals surface area contributed by atoms with Gasteiger partial charge in [0.05, 0.1) is 0 Å². The Morgan fingerprint density at radius 2 is 1.06 bits per heavy atom. The largest absolute Gasteiger partial charge is 0.335 e. The molecule has 0 heterocycles. The lowest BCUT2D eigenvalue weighted by Gasteiger charge is -2.44. The van der Waals surface area contributed by atoms with Crippen molar-refractivity contribution in [2.45, 2.75) is 58.7 Å². The van der Waals surface area contributed by atoms with Gasteiger partial charge in [-0.15, -0.1) is 0 Å². The van der Waals surface area contributed by atoms with Crippen LogP contribution in [0.1, 0.15) is 13.8 Å². The van der Waals surface area contributed by atoms with Crippen LogP contribution in [0, 0.1) is 0 Å². The van der Waals surface area contributed by atoms with Crippen LogP contribution in [0.4, 0.5) is 0 Å². The molecule has 98 valence electrons. The van der Waals surface area contributed by atoms with E-state index in [4.69, 9.17) is 0 Å². The van der Waals surface area contributed by atoms with Crippen molar-refractivity contribution in [3.05, 3.63) is 0 Å². The van der Waals surface area contributed by atoms with Crippen LogP contribution in [0.5, 0.6) is 0 Å². The lowest BCUT2D eigenvalue weighted by molar-refractivity contribution is 0.862. The van der Waals surface area contributed by atoms with Crippen LogP contribution in [0.3, 0.4) is 0 Å². The van der Waals surface area contributed by atoms with E-state index in [1.807, 2.05) is 0 Å². The molecule has 6 heteroatoms. The zero-order chi connectivity index (χ0) is 13.2. The molecule has 0 amide bonds. The third kappa shape index (κ3) is 5.74. The maximum atomic E-state index is 3.97. The van der Waals surface area contributed by atoms with Crippen molar-refractivity contribution in [2.24, 2.45) is 0 Å². The fourth-order valence-electron chi connectivity index (χ4n) is 1.92. The van der Waals surface area contributed by atoms with E-state index in [1.165, 1.54) is 0 Å². The molecule has 0 aliphatic rings. The Bertz CT molecular complexity index is 202. The quantitative estimate of drug-likeness (QED) is 0.653. The summed E-state index contributed by atoms with van der Waals surface area (Å²) >= 11 is 0. The Hall–Kier alpha value is 0.531. The molecular formula is C10H31N3Si3. The Kier molecular flexibility index (Phi) is 5.63. The molecule has 0 aromatic carbocycles. The summed E-state index contributed by atoms with van der Waals surface area (Å²) in [6.07, 6.45) is 0. The molecule has 0 saturated heterocycles. The Labute approximate surface area is 105 Å². The zero-order valence-electron chi connectivity index (χ0n) is 12.6. The van der Waals surface area contributed by atoms with Gasteiger partial charge >= 0.3 is 0 Å². The highest BCUT2D eigenvalue weighted by molar-refractivity contribution is 6.96. The van der Waals surface area contributed by atoms with Gasteiger partial charge in [-0.1, -0.05) is 53.1 Å². The lowest BCUT2D eigenvalue weighted by atomic mass is 10.6. The molecular weight excluding hydrogens is 246 g/mol. The van der Waals surface area contributed by atoms with Crippen molar-refractivity contribution in [3.8, 4) is 0 Å². The molecule has 0 aromatic heterocycles. The van der Waals surface area contributed by atoms with Crippen LogP contribution in [0.2, 0.25) is 44.8 Å². The zero-order valence-corrected chi connectivity index (χ0v) is 15.6. The molecule has 0 rings (SSSR count). The van der Waals surface area contributed by atoms with E-state index in [1.54, 1.807) is 0 Å². The normalized spacial score (nSPS) is 14.6. The summed E-state index contributed by atoms with van der Waals surface area (Å²) in [7, 11) is -2.17. The number of nitrogens with one attached hydrogen (secondary N) is 3. The molecule has 0 radical (unpaired) electrons. The van der Waals surface area contributed by atoms with Crippen LogP contribution in [-0.2, 0) is 0 Å². The molecule has 0 unspecified atom stereocenters. The summed E-state index contributed by atoms with van der Waals surface area (Å²) in [6.45, 7) is 18.9. The van der Waals surface area contributed by atoms with E-state index in [9.17, 15) is 0 Å². The van der Waals surface area contributed by atoms with Gasteiger partial charge in [-0.3, -0.25) is 0 Å². The summed E-state index contributed by atoms with van der Waals surface area (Å²) in [4.78, 5) is 3.61. The number of hydrogen-bond acceptors (Lipinski definition) is 3. The van der Waals surface area contributed by atoms with Gasteiger partial charge in [0.2, 0.25) is 0 Å². The molecule has 0 saturated carbocycles. The number of rotatable bonds is 6. The Morgan fingerprint density at radius 3 is 1.19 bits per heavy atom. The highest BCUT2D eigenvalue weighted by atomic mass is 28.4. The Morgan fingerprint density at radius 1 is 0.750 bits per heavy atom. The summed E-state index contributed by atoms with van der Waals surface area (Å²) in [5.41, 5.74) is 0.649. The average molecular weight is 278 g/mol. The maximum Gasteiger partial charge on any atom is 0.270 e. The minimum Gasteiger partial charge on any atom is -0.335 e. The van der Waals surface area contributed by atoms with Crippen molar-refractivity contribution in [1.29, 1.82) is 0 Å². The standard InChI is InChI=1S/C10H31N3Si3/c1-10(2)16(11-3,12-14(4,5)6)13-15(7,8)9/h10-13H,1-9H3. The van der Waals surface area contributed by atoms with Crippen LogP contribution < -0.4 is 14.3 Å². The molecule has 0 bridgehead atoms. The highest BCUT2D eigenvalue weighted by Gasteiger charge is 2.42. The molecule has 0 aliphatic heterocycles.